The van der Waals surface area contributed by atoms with Crippen LogP contribution in [-0.4, -0.2) is 53.4 Å². The van der Waals surface area contributed by atoms with Crippen molar-refractivity contribution in [1.29, 1.82) is 0 Å². The number of aliphatic hydroxyl groups excluding tert-OH is 2. The lowest BCUT2D eigenvalue weighted by molar-refractivity contribution is -0.143. The Morgan fingerprint density at radius 1 is 0.902 bits per heavy atom. The van der Waals surface area contributed by atoms with Crippen LogP contribution in [0.3, 0.4) is 0 Å². The van der Waals surface area contributed by atoms with E-state index < -0.39 is 52.6 Å². The normalized spacial score (nSPS) is 18.1. The number of halogens is 7. The van der Waals surface area contributed by atoms with Crippen LogP contribution in [0.25, 0.3) is 11.1 Å². The van der Waals surface area contributed by atoms with Crippen molar-refractivity contribution in [2.24, 2.45) is 0 Å². The van der Waals surface area contributed by atoms with E-state index in [9.17, 15) is 41.4 Å². The molecule has 13 heteroatoms. The number of carbonyl (C=O) groups is 1. The van der Waals surface area contributed by atoms with E-state index in [1.54, 1.807) is 35.2 Å². The van der Waals surface area contributed by atoms with E-state index in [2.05, 4.69) is 4.98 Å². The van der Waals surface area contributed by atoms with Gasteiger partial charge in [0.05, 0.1) is 40.6 Å². The van der Waals surface area contributed by atoms with Crippen LogP contribution in [0, 0.1) is 0 Å². The number of pyridine rings is 1. The van der Waals surface area contributed by atoms with Crippen molar-refractivity contribution < 1.29 is 41.4 Å². The van der Waals surface area contributed by atoms with Crippen LogP contribution in [0.4, 0.5) is 37.8 Å². The molecule has 6 nitrogen and oxygen atoms in total. The van der Waals surface area contributed by atoms with Gasteiger partial charge in [0.2, 0.25) is 5.91 Å². The monoisotopic (exact) mass is 601 g/mol. The van der Waals surface area contributed by atoms with E-state index in [0.29, 0.717) is 34.1 Å². The van der Waals surface area contributed by atoms with Crippen LogP contribution in [0.15, 0.2) is 54.7 Å². The van der Waals surface area contributed by atoms with Crippen LogP contribution >= 0.6 is 11.6 Å². The summed E-state index contributed by atoms with van der Waals surface area (Å²) in [6.45, 7) is 2.67. The second-order valence-corrected chi connectivity index (χ2v) is 10.8. The highest BCUT2D eigenvalue weighted by molar-refractivity contribution is 6.33. The molecule has 2 aromatic carbocycles. The maximum Gasteiger partial charge on any atom is 0.416 e. The first-order valence-electron chi connectivity index (χ1n) is 12.4. The number of carbonyl (C=O) groups excluding carboxylic acids is 1. The number of hydrogen-bond donors (Lipinski definition) is 2. The average molecular weight is 602 g/mol. The molecule has 2 heterocycles. The topological polar surface area (TPSA) is 76.9 Å². The number of benzene rings is 2. The van der Waals surface area contributed by atoms with E-state index in [4.69, 9.17) is 11.6 Å². The molecule has 220 valence electrons. The molecule has 2 N–H and O–H groups in total. The van der Waals surface area contributed by atoms with Crippen LogP contribution in [-0.2, 0) is 22.6 Å². The van der Waals surface area contributed by atoms with Crippen molar-refractivity contribution in [1.82, 2.24) is 4.98 Å². The molecule has 1 amide bonds. The summed E-state index contributed by atoms with van der Waals surface area (Å²) in [5.41, 5.74) is -4.31. The predicted molar refractivity (Wildman–Crippen MR) is 142 cm³/mol. The Morgan fingerprint density at radius 3 is 1.93 bits per heavy atom. The lowest BCUT2D eigenvalue weighted by Gasteiger charge is -2.32. The lowest BCUT2D eigenvalue weighted by atomic mass is 9.81. The molecule has 3 aromatic rings. The highest BCUT2D eigenvalue weighted by Crippen LogP contribution is 2.42. The van der Waals surface area contributed by atoms with E-state index >= 15 is 0 Å². The second kappa shape index (κ2) is 10.8. The molecule has 1 fully saturated rings. The molecular weight excluding hydrogens is 576 g/mol. The van der Waals surface area contributed by atoms with Gasteiger partial charge in [-0.25, -0.2) is 4.98 Å². The molecule has 0 bridgehead atoms. The van der Waals surface area contributed by atoms with Crippen LogP contribution in [0.2, 0.25) is 5.02 Å². The van der Waals surface area contributed by atoms with Crippen molar-refractivity contribution >= 4 is 29.0 Å². The number of aromatic nitrogens is 1. The van der Waals surface area contributed by atoms with E-state index in [0.717, 1.165) is 4.90 Å². The summed E-state index contributed by atoms with van der Waals surface area (Å²) >= 11 is 6.45. The number of anilines is 2. The Balaban J connectivity index is 1.81. The van der Waals surface area contributed by atoms with Gasteiger partial charge in [-0.15, -0.1) is 0 Å². The summed E-state index contributed by atoms with van der Waals surface area (Å²) in [6, 6.07) is 9.35. The Kier molecular flexibility index (Phi) is 8.07. The number of aliphatic hydroxyl groups is 2. The zero-order chi connectivity index (χ0) is 30.5. The molecular formula is C28H26ClF6N3O3. The van der Waals surface area contributed by atoms with Crippen molar-refractivity contribution in [2.45, 2.75) is 43.8 Å². The van der Waals surface area contributed by atoms with Crippen LogP contribution < -0.4 is 9.80 Å². The molecule has 2 atom stereocenters. The summed E-state index contributed by atoms with van der Waals surface area (Å²) in [4.78, 5) is 20.9. The molecule has 1 saturated heterocycles. The number of rotatable bonds is 5. The summed E-state index contributed by atoms with van der Waals surface area (Å²) in [5.74, 6) is -0.452. The third-order valence-electron chi connectivity index (χ3n) is 7.13. The average Bonchev–Trinajstić information content (AvgIpc) is 3.24. The number of hydrogen-bond acceptors (Lipinski definition) is 5. The Hall–Kier alpha value is -3.35. The van der Waals surface area contributed by atoms with Crippen molar-refractivity contribution in [3.8, 4) is 11.1 Å². The van der Waals surface area contributed by atoms with Gasteiger partial charge < -0.3 is 20.0 Å². The Morgan fingerprint density at radius 2 is 1.41 bits per heavy atom. The fraction of sp³-hybridized carbons (Fsp3) is 0.357. The smallest absolute Gasteiger partial charge is 0.389 e. The highest BCUT2D eigenvalue weighted by Gasteiger charge is 2.41. The highest BCUT2D eigenvalue weighted by atomic mass is 35.5. The van der Waals surface area contributed by atoms with Gasteiger partial charge in [0.25, 0.3) is 0 Å². The van der Waals surface area contributed by atoms with E-state index in [1.807, 2.05) is 0 Å². The van der Waals surface area contributed by atoms with Crippen molar-refractivity contribution in [2.75, 3.05) is 29.9 Å². The molecule has 1 aliphatic rings. The third-order valence-corrected chi connectivity index (χ3v) is 7.46. The first-order chi connectivity index (χ1) is 18.9. The third kappa shape index (κ3) is 6.14. The van der Waals surface area contributed by atoms with Crippen LogP contribution in [0.1, 0.15) is 30.5 Å². The minimum absolute atomic E-state index is 0.0121. The minimum atomic E-state index is -5.07. The van der Waals surface area contributed by atoms with Crippen LogP contribution in [0.5, 0.6) is 0 Å². The van der Waals surface area contributed by atoms with Gasteiger partial charge in [0.15, 0.2) is 0 Å². The zero-order valence-electron chi connectivity index (χ0n) is 22.1. The summed E-state index contributed by atoms with van der Waals surface area (Å²) in [7, 11) is 1.34. The minimum Gasteiger partial charge on any atom is -0.389 e. The molecule has 0 radical (unpaired) electrons. The fourth-order valence-electron chi connectivity index (χ4n) is 4.70. The van der Waals surface area contributed by atoms with Gasteiger partial charge in [-0.3, -0.25) is 4.79 Å². The Labute approximate surface area is 236 Å². The molecule has 0 saturated carbocycles. The van der Waals surface area contributed by atoms with Crippen molar-refractivity contribution in [3.63, 3.8) is 0 Å². The summed E-state index contributed by atoms with van der Waals surface area (Å²) in [5, 5.41) is 20.3. The number of β-amino-alcohol motifs (C(OH)–C–C–N with tert-alkyl or cyclic N) is 2. The molecule has 0 unspecified atom stereocenters. The first kappa shape index (κ1) is 30.6. The Bertz CT molecular complexity index is 1420. The molecule has 1 aromatic heterocycles. The van der Waals surface area contributed by atoms with Gasteiger partial charge >= 0.3 is 12.4 Å². The molecule has 0 spiro atoms. The van der Waals surface area contributed by atoms with Gasteiger partial charge in [0.1, 0.15) is 5.82 Å². The summed E-state index contributed by atoms with van der Waals surface area (Å²) in [6.07, 6.45) is -10.8. The molecule has 4 rings (SSSR count). The zero-order valence-corrected chi connectivity index (χ0v) is 22.8. The number of amides is 1. The molecule has 41 heavy (non-hydrogen) atoms. The quantitative estimate of drug-likeness (QED) is 0.355. The standard InChI is InChI=1S/C28H26ClF6N3O3/c1-26(2,15-8-16(27(30,31)32)10-17(9-15)28(33,34)35)25(41)37(3)21-12-36-24(38-13-22(39)23(40)14-38)11-19(21)18-6-4-5-7-20(18)29/h4-12,22-23,39-40H,13-14H2,1-3H3/t22-,23-/m1/s1. The largest absolute Gasteiger partial charge is 0.416 e. The fourth-order valence-corrected chi connectivity index (χ4v) is 4.93. The van der Waals surface area contributed by atoms with E-state index in [1.165, 1.54) is 27.1 Å². The number of nitrogens with zero attached hydrogens (tertiary/aromatic N) is 3. The first-order valence-corrected chi connectivity index (χ1v) is 12.7. The van der Waals surface area contributed by atoms with Gasteiger partial charge in [-0.2, -0.15) is 26.3 Å². The van der Waals surface area contributed by atoms with Gasteiger partial charge in [-0.1, -0.05) is 29.8 Å². The van der Waals surface area contributed by atoms with Gasteiger partial charge in [0, 0.05) is 36.3 Å². The second-order valence-electron chi connectivity index (χ2n) is 10.4. The lowest BCUT2D eigenvalue weighted by Crippen LogP contribution is -2.42. The maximum atomic E-state index is 13.8. The van der Waals surface area contributed by atoms with Crippen molar-refractivity contribution in [3.05, 3.63) is 76.4 Å². The number of alkyl halides is 6. The molecule has 1 aliphatic heterocycles. The maximum absolute atomic E-state index is 13.8. The van der Waals surface area contributed by atoms with Gasteiger partial charge in [-0.05, 0) is 49.7 Å². The van der Waals surface area contributed by atoms with E-state index in [-0.39, 0.29) is 24.8 Å². The summed E-state index contributed by atoms with van der Waals surface area (Å²) < 4.78 is 81.1. The SMILES string of the molecule is CN(C(=O)C(C)(C)c1cc(C(F)(F)F)cc(C(F)(F)F)c1)c1cnc(N2C[C@@H](O)[C@H](O)C2)cc1-c1ccccc1Cl. The predicted octanol–water partition coefficient (Wildman–Crippen LogP) is 5.92. The molecule has 0 aliphatic carbocycles. The number of likely N-dealkylation sites (N-methyl/N-ethyl adjacent to an activating group) is 1.